The predicted molar refractivity (Wildman–Crippen MR) is 101 cm³/mol. The van der Waals surface area contributed by atoms with Gasteiger partial charge < -0.3 is 14.2 Å². The van der Waals surface area contributed by atoms with E-state index in [4.69, 9.17) is 14.2 Å². The van der Waals surface area contributed by atoms with Crippen LogP contribution in [-0.2, 0) is 16.1 Å². The fourth-order valence-electron chi connectivity index (χ4n) is 2.41. The van der Waals surface area contributed by atoms with E-state index in [0.29, 0.717) is 11.4 Å². The number of hydrogen-bond acceptors (Lipinski definition) is 7. The lowest BCUT2D eigenvalue weighted by atomic mass is 10.1. The van der Waals surface area contributed by atoms with E-state index in [-0.39, 0.29) is 23.6 Å². The molecule has 0 aliphatic carbocycles. The summed E-state index contributed by atoms with van der Waals surface area (Å²) in [5, 5.41) is 2.56. The quantitative estimate of drug-likeness (QED) is 0.579. The number of carbonyl (C=O) groups is 2. The van der Waals surface area contributed by atoms with E-state index in [1.807, 2.05) is 5.38 Å². The molecule has 0 N–H and O–H groups in total. The van der Waals surface area contributed by atoms with Gasteiger partial charge in [0.05, 0.1) is 31.0 Å². The zero-order valence-corrected chi connectivity index (χ0v) is 15.9. The third-order valence-corrected chi connectivity index (χ3v) is 4.72. The number of rotatable bonds is 6. The lowest BCUT2D eigenvalue weighted by Gasteiger charge is -2.09. The summed E-state index contributed by atoms with van der Waals surface area (Å²) < 4.78 is 28.1. The molecule has 144 valence electrons. The van der Waals surface area contributed by atoms with Crippen molar-refractivity contribution in [3.8, 4) is 16.3 Å². The molecule has 3 rings (SSSR count). The van der Waals surface area contributed by atoms with Crippen molar-refractivity contribution in [2.24, 2.45) is 0 Å². The van der Waals surface area contributed by atoms with Gasteiger partial charge in [-0.25, -0.2) is 19.0 Å². The summed E-state index contributed by atoms with van der Waals surface area (Å²) in [5.41, 5.74) is 1.81. The third-order valence-electron chi connectivity index (χ3n) is 3.78. The fraction of sp³-hybridized carbons (Fsp3) is 0.150. The van der Waals surface area contributed by atoms with Gasteiger partial charge in [-0.05, 0) is 42.5 Å². The Kier molecular flexibility index (Phi) is 6.00. The van der Waals surface area contributed by atoms with Crippen LogP contribution in [0.5, 0.6) is 5.75 Å². The summed E-state index contributed by atoms with van der Waals surface area (Å²) in [4.78, 5) is 28.1. The summed E-state index contributed by atoms with van der Waals surface area (Å²) >= 11 is 1.41. The summed E-state index contributed by atoms with van der Waals surface area (Å²) in [6.07, 6.45) is 0. The second-order valence-electron chi connectivity index (χ2n) is 5.67. The van der Waals surface area contributed by atoms with Crippen LogP contribution in [0.4, 0.5) is 4.39 Å². The first kappa shape index (κ1) is 19.5. The predicted octanol–water partition coefficient (Wildman–Crippen LogP) is 4.10. The van der Waals surface area contributed by atoms with Crippen LogP contribution in [0.15, 0.2) is 47.8 Å². The molecule has 0 saturated heterocycles. The molecule has 0 bridgehead atoms. The van der Waals surface area contributed by atoms with Gasteiger partial charge >= 0.3 is 11.9 Å². The van der Waals surface area contributed by atoms with Gasteiger partial charge in [0.25, 0.3) is 0 Å². The number of thiazole rings is 1. The summed E-state index contributed by atoms with van der Waals surface area (Å²) in [6.45, 7) is 0.128. The number of ether oxygens (including phenoxy) is 3. The van der Waals surface area contributed by atoms with Crippen LogP contribution in [0.1, 0.15) is 26.4 Å². The van der Waals surface area contributed by atoms with Gasteiger partial charge in [0.1, 0.15) is 23.2 Å². The number of aromatic nitrogens is 1. The molecule has 0 saturated carbocycles. The first-order valence-corrected chi connectivity index (χ1v) is 9.03. The van der Waals surface area contributed by atoms with Crippen LogP contribution < -0.4 is 4.74 Å². The molecule has 28 heavy (non-hydrogen) atoms. The minimum absolute atomic E-state index is 0.128. The second kappa shape index (κ2) is 8.62. The standard InChI is InChI=1S/C20H16FNO5S/c1-25-19(23)13-7-14(20(24)26-2)9-17(8-13)27-10-16-11-28-18(22-16)12-3-5-15(21)6-4-12/h3-9,11H,10H2,1-2H3. The van der Waals surface area contributed by atoms with E-state index in [2.05, 4.69) is 4.98 Å². The minimum atomic E-state index is -0.595. The lowest BCUT2D eigenvalue weighted by molar-refractivity contribution is 0.0598. The normalized spacial score (nSPS) is 10.4. The highest BCUT2D eigenvalue weighted by molar-refractivity contribution is 7.13. The number of carbonyl (C=O) groups excluding carboxylic acids is 2. The Morgan fingerprint density at radius 3 is 2.18 bits per heavy atom. The summed E-state index contributed by atoms with van der Waals surface area (Å²) in [5.74, 6) is -1.19. The first-order valence-electron chi connectivity index (χ1n) is 8.15. The fourth-order valence-corrected chi connectivity index (χ4v) is 3.22. The monoisotopic (exact) mass is 401 g/mol. The Labute approximate surface area is 164 Å². The average molecular weight is 401 g/mol. The summed E-state index contributed by atoms with van der Waals surface area (Å²) in [7, 11) is 2.50. The van der Waals surface area contributed by atoms with Crippen molar-refractivity contribution in [1.29, 1.82) is 0 Å². The van der Waals surface area contributed by atoms with Crippen molar-refractivity contribution in [2.45, 2.75) is 6.61 Å². The molecule has 6 nitrogen and oxygen atoms in total. The molecule has 0 amide bonds. The number of hydrogen-bond donors (Lipinski definition) is 0. The van der Waals surface area contributed by atoms with E-state index in [1.165, 1.54) is 55.9 Å². The molecule has 0 atom stereocenters. The largest absolute Gasteiger partial charge is 0.487 e. The van der Waals surface area contributed by atoms with Gasteiger partial charge in [0, 0.05) is 10.9 Å². The topological polar surface area (TPSA) is 74.7 Å². The molecule has 8 heteroatoms. The molecular formula is C20H16FNO5S. The molecule has 0 fully saturated rings. The van der Waals surface area contributed by atoms with Crippen molar-refractivity contribution >= 4 is 23.3 Å². The van der Waals surface area contributed by atoms with Crippen LogP contribution in [0.3, 0.4) is 0 Å². The lowest BCUT2D eigenvalue weighted by Crippen LogP contribution is -2.08. The molecule has 1 heterocycles. The van der Waals surface area contributed by atoms with E-state index in [9.17, 15) is 14.0 Å². The highest BCUT2D eigenvalue weighted by Gasteiger charge is 2.15. The van der Waals surface area contributed by atoms with Crippen molar-refractivity contribution in [3.05, 3.63) is 70.5 Å². The molecule has 0 aliphatic heterocycles. The smallest absolute Gasteiger partial charge is 0.338 e. The zero-order valence-electron chi connectivity index (χ0n) is 15.1. The molecule has 0 aliphatic rings. The molecule has 0 radical (unpaired) electrons. The van der Waals surface area contributed by atoms with Crippen LogP contribution in [0.25, 0.3) is 10.6 Å². The van der Waals surface area contributed by atoms with Gasteiger partial charge in [-0.15, -0.1) is 11.3 Å². The van der Waals surface area contributed by atoms with Gasteiger partial charge in [-0.2, -0.15) is 0 Å². The van der Waals surface area contributed by atoms with Crippen LogP contribution in [-0.4, -0.2) is 31.1 Å². The SMILES string of the molecule is COC(=O)c1cc(OCc2csc(-c3ccc(F)cc3)n2)cc(C(=O)OC)c1. The van der Waals surface area contributed by atoms with Crippen molar-refractivity contribution in [1.82, 2.24) is 4.98 Å². The number of halogens is 1. The highest BCUT2D eigenvalue weighted by atomic mass is 32.1. The van der Waals surface area contributed by atoms with E-state index < -0.39 is 11.9 Å². The molecular weight excluding hydrogens is 385 g/mol. The maximum absolute atomic E-state index is 13.0. The highest BCUT2D eigenvalue weighted by Crippen LogP contribution is 2.25. The number of benzene rings is 2. The molecule has 1 aromatic heterocycles. The third kappa shape index (κ3) is 4.52. The average Bonchev–Trinajstić information content (AvgIpc) is 3.20. The van der Waals surface area contributed by atoms with Crippen molar-refractivity contribution < 1.29 is 28.2 Å². The van der Waals surface area contributed by atoms with Crippen LogP contribution in [0, 0.1) is 5.82 Å². The van der Waals surface area contributed by atoms with Crippen LogP contribution >= 0.6 is 11.3 Å². The Morgan fingerprint density at radius 2 is 1.61 bits per heavy atom. The van der Waals surface area contributed by atoms with Gasteiger partial charge in [-0.1, -0.05) is 0 Å². The van der Waals surface area contributed by atoms with E-state index in [1.54, 1.807) is 12.1 Å². The van der Waals surface area contributed by atoms with Crippen LogP contribution in [0.2, 0.25) is 0 Å². The minimum Gasteiger partial charge on any atom is -0.487 e. The molecule has 0 spiro atoms. The Hall–Kier alpha value is -3.26. The Bertz CT molecular complexity index is 966. The van der Waals surface area contributed by atoms with Gasteiger partial charge in [0.15, 0.2) is 0 Å². The number of methoxy groups -OCH3 is 2. The molecule has 0 unspecified atom stereocenters. The van der Waals surface area contributed by atoms with E-state index >= 15 is 0 Å². The number of nitrogens with zero attached hydrogens (tertiary/aromatic N) is 1. The van der Waals surface area contributed by atoms with Crippen molar-refractivity contribution in [3.63, 3.8) is 0 Å². The first-order chi connectivity index (χ1) is 13.5. The Morgan fingerprint density at radius 1 is 1.00 bits per heavy atom. The van der Waals surface area contributed by atoms with Crippen molar-refractivity contribution in [2.75, 3.05) is 14.2 Å². The molecule has 3 aromatic rings. The maximum Gasteiger partial charge on any atom is 0.338 e. The number of esters is 2. The van der Waals surface area contributed by atoms with E-state index in [0.717, 1.165) is 10.6 Å². The summed E-state index contributed by atoms with van der Waals surface area (Å²) in [6, 6.07) is 10.4. The van der Waals surface area contributed by atoms with Gasteiger partial charge in [0.2, 0.25) is 0 Å². The second-order valence-corrected chi connectivity index (χ2v) is 6.53. The maximum atomic E-state index is 13.0. The zero-order chi connectivity index (χ0) is 20.1. The molecule has 2 aromatic carbocycles. The van der Waals surface area contributed by atoms with Gasteiger partial charge in [-0.3, -0.25) is 0 Å². The Balaban J connectivity index is 1.77.